The Morgan fingerprint density at radius 3 is 2.94 bits per heavy atom. The molecule has 1 aromatic heterocycles. The van der Waals surface area contributed by atoms with E-state index < -0.39 is 0 Å². The van der Waals surface area contributed by atoms with Crippen LogP contribution in [0.2, 0.25) is 0 Å². The molecule has 2 N–H and O–H groups in total. The Labute approximate surface area is 105 Å². The molecule has 0 aromatic carbocycles. The van der Waals surface area contributed by atoms with Crippen LogP contribution in [0, 0.1) is 5.92 Å². The van der Waals surface area contributed by atoms with Gasteiger partial charge in [0, 0.05) is 32.2 Å². The van der Waals surface area contributed by atoms with Gasteiger partial charge in [-0.25, -0.2) is 4.98 Å². The van der Waals surface area contributed by atoms with E-state index in [1.807, 2.05) is 7.05 Å². The third-order valence-electron chi connectivity index (χ3n) is 2.96. The number of amides is 1. The van der Waals surface area contributed by atoms with Crippen LogP contribution in [0.5, 0.6) is 0 Å². The van der Waals surface area contributed by atoms with E-state index in [9.17, 15) is 4.79 Å². The minimum atomic E-state index is -0.0514. The molecule has 1 amide bonds. The summed E-state index contributed by atoms with van der Waals surface area (Å²) in [5, 5.41) is 2.14. The van der Waals surface area contributed by atoms with Crippen LogP contribution in [0.15, 0.2) is 5.38 Å². The van der Waals surface area contributed by atoms with Crippen molar-refractivity contribution in [1.82, 2.24) is 9.88 Å². The molecule has 1 aromatic rings. The van der Waals surface area contributed by atoms with Gasteiger partial charge in [-0.05, 0) is 18.8 Å². The molecule has 0 radical (unpaired) electrons. The van der Waals surface area contributed by atoms with Crippen LogP contribution in [0.4, 0.5) is 5.13 Å². The van der Waals surface area contributed by atoms with Crippen LogP contribution >= 0.6 is 11.3 Å². The first-order valence-electron chi connectivity index (χ1n) is 5.71. The standard InChI is InChI=1S/C11H17N3O2S/c1-14(6-8-2-4-16-5-3-8)10(15)9-7-17-11(12)13-9/h7-8H,2-6H2,1H3,(H2,12,13). The van der Waals surface area contributed by atoms with Crippen molar-refractivity contribution in [2.24, 2.45) is 5.92 Å². The largest absolute Gasteiger partial charge is 0.381 e. The van der Waals surface area contributed by atoms with Gasteiger partial charge in [-0.1, -0.05) is 0 Å². The van der Waals surface area contributed by atoms with E-state index in [2.05, 4.69) is 4.98 Å². The van der Waals surface area contributed by atoms with Gasteiger partial charge in [0.1, 0.15) is 5.69 Å². The number of aromatic nitrogens is 1. The van der Waals surface area contributed by atoms with E-state index in [-0.39, 0.29) is 5.91 Å². The first-order valence-corrected chi connectivity index (χ1v) is 6.59. The van der Waals surface area contributed by atoms with Crippen LogP contribution in [-0.4, -0.2) is 42.6 Å². The summed E-state index contributed by atoms with van der Waals surface area (Å²) in [6, 6.07) is 0. The molecule has 2 heterocycles. The van der Waals surface area contributed by atoms with Crippen molar-refractivity contribution in [3.8, 4) is 0 Å². The normalized spacial score (nSPS) is 17.0. The highest BCUT2D eigenvalue weighted by atomic mass is 32.1. The summed E-state index contributed by atoms with van der Waals surface area (Å²) in [4.78, 5) is 17.7. The van der Waals surface area contributed by atoms with E-state index in [4.69, 9.17) is 10.5 Å². The van der Waals surface area contributed by atoms with Crippen LogP contribution < -0.4 is 5.73 Å². The number of nitrogens with two attached hydrogens (primary N) is 1. The van der Waals surface area contributed by atoms with E-state index in [1.54, 1.807) is 10.3 Å². The average Bonchev–Trinajstić information content (AvgIpc) is 2.76. The van der Waals surface area contributed by atoms with Crippen molar-refractivity contribution >= 4 is 22.4 Å². The highest BCUT2D eigenvalue weighted by Crippen LogP contribution is 2.17. The van der Waals surface area contributed by atoms with E-state index in [0.717, 1.165) is 32.6 Å². The van der Waals surface area contributed by atoms with Gasteiger partial charge >= 0.3 is 0 Å². The van der Waals surface area contributed by atoms with Gasteiger partial charge in [0.05, 0.1) is 0 Å². The van der Waals surface area contributed by atoms with Gasteiger partial charge in [-0.3, -0.25) is 4.79 Å². The van der Waals surface area contributed by atoms with Crippen LogP contribution in [-0.2, 0) is 4.74 Å². The molecule has 1 aliphatic rings. The monoisotopic (exact) mass is 255 g/mol. The summed E-state index contributed by atoms with van der Waals surface area (Å²) < 4.78 is 5.30. The number of thiazole rings is 1. The lowest BCUT2D eigenvalue weighted by molar-refractivity contribution is 0.0495. The molecule has 0 bridgehead atoms. The van der Waals surface area contributed by atoms with E-state index >= 15 is 0 Å². The SMILES string of the molecule is CN(CC1CCOCC1)C(=O)c1csc(N)n1. The Balaban J connectivity index is 1.90. The zero-order valence-corrected chi connectivity index (χ0v) is 10.7. The average molecular weight is 255 g/mol. The van der Waals surface area contributed by atoms with Crippen molar-refractivity contribution in [3.05, 3.63) is 11.1 Å². The van der Waals surface area contributed by atoms with Gasteiger partial charge in [0.25, 0.3) is 5.91 Å². The number of anilines is 1. The highest BCUT2D eigenvalue weighted by Gasteiger charge is 2.20. The maximum Gasteiger partial charge on any atom is 0.273 e. The van der Waals surface area contributed by atoms with Crippen molar-refractivity contribution in [2.75, 3.05) is 32.5 Å². The summed E-state index contributed by atoms with van der Waals surface area (Å²) in [5.41, 5.74) is 5.97. The Bertz CT molecular complexity index is 388. The Hall–Kier alpha value is -1.14. The lowest BCUT2D eigenvalue weighted by Gasteiger charge is -2.26. The molecule has 6 heteroatoms. The molecule has 2 rings (SSSR count). The maximum absolute atomic E-state index is 12.0. The first kappa shape index (κ1) is 12.3. The molecule has 1 aliphatic heterocycles. The van der Waals surface area contributed by atoms with Crippen molar-refractivity contribution < 1.29 is 9.53 Å². The van der Waals surface area contributed by atoms with E-state index in [1.165, 1.54) is 11.3 Å². The quantitative estimate of drug-likeness (QED) is 0.882. The summed E-state index contributed by atoms with van der Waals surface area (Å²) >= 11 is 1.30. The predicted molar refractivity (Wildman–Crippen MR) is 67.0 cm³/mol. The van der Waals surface area contributed by atoms with Gasteiger partial charge in [-0.2, -0.15) is 0 Å². The Morgan fingerprint density at radius 1 is 1.65 bits per heavy atom. The fraction of sp³-hybridized carbons (Fsp3) is 0.636. The third-order valence-corrected chi connectivity index (χ3v) is 3.63. The number of carbonyl (C=O) groups excluding carboxylic acids is 1. The molecule has 0 spiro atoms. The predicted octanol–water partition coefficient (Wildman–Crippen LogP) is 1.22. The second-order valence-electron chi connectivity index (χ2n) is 4.31. The molecule has 17 heavy (non-hydrogen) atoms. The van der Waals surface area contributed by atoms with Gasteiger partial charge < -0.3 is 15.4 Å². The Morgan fingerprint density at radius 2 is 2.35 bits per heavy atom. The van der Waals surface area contributed by atoms with Crippen molar-refractivity contribution in [3.63, 3.8) is 0 Å². The second kappa shape index (κ2) is 5.46. The summed E-state index contributed by atoms with van der Waals surface area (Å²) in [6.07, 6.45) is 2.05. The number of ether oxygens (including phenoxy) is 1. The van der Waals surface area contributed by atoms with Crippen molar-refractivity contribution in [2.45, 2.75) is 12.8 Å². The Kier molecular flexibility index (Phi) is 3.96. The fourth-order valence-corrected chi connectivity index (χ4v) is 2.52. The minimum Gasteiger partial charge on any atom is -0.381 e. The molecule has 1 saturated heterocycles. The topological polar surface area (TPSA) is 68.5 Å². The second-order valence-corrected chi connectivity index (χ2v) is 5.20. The molecule has 0 unspecified atom stereocenters. The fourth-order valence-electron chi connectivity index (χ4n) is 1.98. The summed E-state index contributed by atoms with van der Waals surface area (Å²) in [7, 11) is 1.81. The first-order chi connectivity index (χ1) is 8.16. The number of nitrogens with zero attached hydrogens (tertiary/aromatic N) is 2. The number of hydrogen-bond acceptors (Lipinski definition) is 5. The number of rotatable bonds is 3. The summed E-state index contributed by atoms with van der Waals surface area (Å²) in [6.45, 7) is 2.37. The third kappa shape index (κ3) is 3.17. The van der Waals surface area contributed by atoms with Crippen LogP contribution in [0.25, 0.3) is 0 Å². The van der Waals surface area contributed by atoms with Crippen LogP contribution in [0.3, 0.4) is 0 Å². The molecular weight excluding hydrogens is 238 g/mol. The van der Waals surface area contributed by atoms with Gasteiger partial charge in [-0.15, -0.1) is 11.3 Å². The van der Waals surface area contributed by atoms with Gasteiger partial charge in [0.15, 0.2) is 5.13 Å². The molecule has 5 nitrogen and oxygen atoms in total. The van der Waals surface area contributed by atoms with E-state index in [0.29, 0.717) is 16.7 Å². The number of nitrogen functional groups attached to an aromatic ring is 1. The number of carbonyl (C=O) groups is 1. The molecule has 1 fully saturated rings. The smallest absolute Gasteiger partial charge is 0.273 e. The molecule has 0 saturated carbocycles. The maximum atomic E-state index is 12.0. The van der Waals surface area contributed by atoms with Crippen molar-refractivity contribution in [1.29, 1.82) is 0 Å². The molecular formula is C11H17N3O2S. The lowest BCUT2D eigenvalue weighted by Crippen LogP contribution is -2.34. The lowest BCUT2D eigenvalue weighted by atomic mass is 10.00. The summed E-state index contributed by atoms with van der Waals surface area (Å²) in [5.74, 6) is 0.484. The zero-order chi connectivity index (χ0) is 12.3. The van der Waals surface area contributed by atoms with Gasteiger partial charge in [0.2, 0.25) is 0 Å². The molecule has 0 aliphatic carbocycles. The number of hydrogen-bond donors (Lipinski definition) is 1. The van der Waals surface area contributed by atoms with Crippen LogP contribution in [0.1, 0.15) is 23.3 Å². The highest BCUT2D eigenvalue weighted by molar-refractivity contribution is 7.13. The zero-order valence-electron chi connectivity index (χ0n) is 9.89. The minimum absolute atomic E-state index is 0.0514. The molecule has 0 atom stereocenters. The molecule has 94 valence electrons.